The molecule has 0 aliphatic rings. The molecule has 0 spiro atoms. The van der Waals surface area contributed by atoms with Crippen molar-refractivity contribution in [3.63, 3.8) is 0 Å². The van der Waals surface area contributed by atoms with E-state index >= 15 is 0 Å². The molecule has 0 fully saturated rings. The predicted molar refractivity (Wildman–Crippen MR) is 56.4 cm³/mol. The second kappa shape index (κ2) is 4.23. The first-order chi connectivity index (χ1) is 5.68. The second-order valence-electron chi connectivity index (χ2n) is 5.13. The standard InChI is InChI=1S/C11H23NO/c1-7(10(13)9(3)12)8(2)11(4,5)6/h7-9H,12H2,1-6H3/t7?,8?,9-/m1/s1. The fourth-order valence-electron chi connectivity index (χ4n) is 1.41. The summed E-state index contributed by atoms with van der Waals surface area (Å²) in [5.74, 6) is 0.591. The van der Waals surface area contributed by atoms with E-state index in [0.717, 1.165) is 0 Å². The largest absolute Gasteiger partial charge is 0.322 e. The van der Waals surface area contributed by atoms with Crippen molar-refractivity contribution in [2.75, 3.05) is 0 Å². The molecule has 0 aromatic heterocycles. The summed E-state index contributed by atoms with van der Waals surface area (Å²) in [6.45, 7) is 12.3. The molecule has 13 heavy (non-hydrogen) atoms. The number of carbonyl (C=O) groups is 1. The second-order valence-corrected chi connectivity index (χ2v) is 5.13. The average Bonchev–Trinajstić information content (AvgIpc) is 1.98. The van der Waals surface area contributed by atoms with Crippen molar-refractivity contribution in [1.82, 2.24) is 0 Å². The number of ketones is 1. The Labute approximate surface area is 81.9 Å². The van der Waals surface area contributed by atoms with E-state index in [1.54, 1.807) is 6.92 Å². The van der Waals surface area contributed by atoms with E-state index in [1.165, 1.54) is 0 Å². The molecule has 2 heteroatoms. The molecule has 0 aliphatic heterocycles. The van der Waals surface area contributed by atoms with Crippen LogP contribution in [0.4, 0.5) is 0 Å². The molecule has 0 saturated carbocycles. The molecule has 2 N–H and O–H groups in total. The molecule has 0 rings (SSSR count). The van der Waals surface area contributed by atoms with E-state index < -0.39 is 0 Å². The van der Waals surface area contributed by atoms with Crippen molar-refractivity contribution >= 4 is 5.78 Å². The summed E-state index contributed by atoms with van der Waals surface area (Å²) in [4.78, 5) is 11.6. The van der Waals surface area contributed by atoms with Gasteiger partial charge in [0, 0.05) is 5.92 Å². The fraction of sp³-hybridized carbons (Fsp3) is 0.909. The maximum absolute atomic E-state index is 11.6. The van der Waals surface area contributed by atoms with Crippen LogP contribution in [0.3, 0.4) is 0 Å². The Bertz CT molecular complexity index is 179. The van der Waals surface area contributed by atoms with Crippen molar-refractivity contribution in [2.24, 2.45) is 23.0 Å². The van der Waals surface area contributed by atoms with Gasteiger partial charge in [0.05, 0.1) is 6.04 Å². The van der Waals surface area contributed by atoms with E-state index in [1.807, 2.05) is 6.92 Å². The summed E-state index contributed by atoms with van der Waals surface area (Å²) in [6, 6.07) is -0.334. The molecule has 2 unspecified atom stereocenters. The van der Waals surface area contributed by atoms with Gasteiger partial charge in [-0.05, 0) is 18.3 Å². The van der Waals surface area contributed by atoms with Gasteiger partial charge in [0.2, 0.25) is 0 Å². The molecule has 0 bridgehead atoms. The van der Waals surface area contributed by atoms with Crippen LogP contribution in [-0.2, 0) is 4.79 Å². The molecular formula is C11H23NO. The highest BCUT2D eigenvalue weighted by Gasteiger charge is 2.30. The van der Waals surface area contributed by atoms with Crippen LogP contribution in [0, 0.1) is 17.3 Å². The third-order valence-corrected chi connectivity index (χ3v) is 3.01. The Morgan fingerprint density at radius 1 is 1.15 bits per heavy atom. The van der Waals surface area contributed by atoms with E-state index in [0.29, 0.717) is 5.92 Å². The highest BCUT2D eigenvalue weighted by molar-refractivity contribution is 5.85. The first-order valence-electron chi connectivity index (χ1n) is 4.97. The van der Waals surface area contributed by atoms with Crippen LogP contribution in [-0.4, -0.2) is 11.8 Å². The Hall–Kier alpha value is -0.370. The monoisotopic (exact) mass is 185 g/mol. The maximum Gasteiger partial charge on any atom is 0.152 e. The van der Waals surface area contributed by atoms with Gasteiger partial charge in [-0.3, -0.25) is 4.79 Å². The summed E-state index contributed by atoms with van der Waals surface area (Å²) in [6.07, 6.45) is 0. The van der Waals surface area contributed by atoms with E-state index in [-0.39, 0.29) is 23.2 Å². The minimum Gasteiger partial charge on any atom is -0.322 e. The van der Waals surface area contributed by atoms with Gasteiger partial charge in [-0.2, -0.15) is 0 Å². The SMILES string of the molecule is CC(C(=O)[C@@H](C)N)C(C)C(C)(C)C. The topological polar surface area (TPSA) is 43.1 Å². The lowest BCUT2D eigenvalue weighted by Crippen LogP contribution is -2.37. The maximum atomic E-state index is 11.6. The summed E-state index contributed by atoms with van der Waals surface area (Å²) in [7, 11) is 0. The molecule has 0 aromatic rings. The van der Waals surface area contributed by atoms with Gasteiger partial charge in [0.25, 0.3) is 0 Å². The third kappa shape index (κ3) is 3.47. The summed E-state index contributed by atoms with van der Waals surface area (Å²) >= 11 is 0. The molecular weight excluding hydrogens is 162 g/mol. The molecule has 78 valence electrons. The molecule has 0 saturated heterocycles. The Morgan fingerprint density at radius 2 is 1.54 bits per heavy atom. The number of rotatable bonds is 3. The molecule has 2 nitrogen and oxygen atoms in total. The third-order valence-electron chi connectivity index (χ3n) is 3.01. The van der Waals surface area contributed by atoms with Gasteiger partial charge >= 0.3 is 0 Å². The average molecular weight is 185 g/mol. The van der Waals surface area contributed by atoms with Crippen molar-refractivity contribution < 1.29 is 4.79 Å². The zero-order chi connectivity index (χ0) is 10.8. The van der Waals surface area contributed by atoms with Crippen molar-refractivity contribution in [1.29, 1.82) is 0 Å². The van der Waals surface area contributed by atoms with Gasteiger partial charge in [0.1, 0.15) is 0 Å². The van der Waals surface area contributed by atoms with Crippen molar-refractivity contribution in [3.8, 4) is 0 Å². The van der Waals surface area contributed by atoms with Crippen LogP contribution >= 0.6 is 0 Å². The van der Waals surface area contributed by atoms with Crippen LogP contribution in [0.25, 0.3) is 0 Å². The summed E-state index contributed by atoms with van der Waals surface area (Å²) < 4.78 is 0. The molecule has 3 atom stereocenters. The Kier molecular flexibility index (Phi) is 4.11. The number of hydrogen-bond donors (Lipinski definition) is 1. The van der Waals surface area contributed by atoms with Gasteiger partial charge < -0.3 is 5.73 Å². The van der Waals surface area contributed by atoms with E-state index in [9.17, 15) is 4.79 Å². The molecule has 0 radical (unpaired) electrons. The lowest BCUT2D eigenvalue weighted by Gasteiger charge is -2.32. The van der Waals surface area contributed by atoms with E-state index in [2.05, 4.69) is 27.7 Å². The van der Waals surface area contributed by atoms with Crippen LogP contribution in [0.5, 0.6) is 0 Å². The minimum absolute atomic E-state index is 0.0556. The van der Waals surface area contributed by atoms with Crippen molar-refractivity contribution in [3.05, 3.63) is 0 Å². The number of hydrogen-bond acceptors (Lipinski definition) is 2. The predicted octanol–water partition coefficient (Wildman–Crippen LogP) is 2.22. The van der Waals surface area contributed by atoms with Crippen molar-refractivity contribution in [2.45, 2.75) is 47.6 Å². The molecule has 0 aromatic carbocycles. The van der Waals surface area contributed by atoms with E-state index in [4.69, 9.17) is 5.73 Å². The van der Waals surface area contributed by atoms with Gasteiger partial charge in [-0.15, -0.1) is 0 Å². The van der Waals surface area contributed by atoms with Crippen LogP contribution in [0.15, 0.2) is 0 Å². The van der Waals surface area contributed by atoms with Crippen LogP contribution < -0.4 is 5.73 Å². The molecule has 0 heterocycles. The Morgan fingerprint density at radius 3 is 1.77 bits per heavy atom. The summed E-state index contributed by atoms with van der Waals surface area (Å²) in [5, 5.41) is 0. The zero-order valence-electron chi connectivity index (χ0n) is 9.72. The number of Topliss-reactive ketones (excluding diaryl/α,β-unsaturated/α-hetero) is 1. The normalized spacial score (nSPS) is 19.3. The first-order valence-corrected chi connectivity index (χ1v) is 4.97. The highest BCUT2D eigenvalue weighted by Crippen LogP contribution is 2.32. The van der Waals surface area contributed by atoms with Gasteiger partial charge in [-0.25, -0.2) is 0 Å². The number of carbonyl (C=O) groups excluding carboxylic acids is 1. The lowest BCUT2D eigenvalue weighted by atomic mass is 9.73. The Balaban J connectivity index is 4.43. The van der Waals surface area contributed by atoms with Gasteiger partial charge in [-0.1, -0.05) is 34.6 Å². The minimum atomic E-state index is -0.334. The highest BCUT2D eigenvalue weighted by atomic mass is 16.1. The van der Waals surface area contributed by atoms with Gasteiger partial charge in [0.15, 0.2) is 5.78 Å². The molecule has 0 amide bonds. The summed E-state index contributed by atoms with van der Waals surface area (Å²) in [5.41, 5.74) is 5.74. The smallest absolute Gasteiger partial charge is 0.152 e. The van der Waals surface area contributed by atoms with Crippen LogP contribution in [0.1, 0.15) is 41.5 Å². The fourth-order valence-corrected chi connectivity index (χ4v) is 1.41. The first kappa shape index (κ1) is 12.6. The zero-order valence-corrected chi connectivity index (χ0v) is 9.72. The molecule has 0 aliphatic carbocycles. The lowest BCUT2D eigenvalue weighted by molar-refractivity contribution is -0.126. The number of nitrogens with two attached hydrogens (primary N) is 1. The quantitative estimate of drug-likeness (QED) is 0.732. The van der Waals surface area contributed by atoms with Crippen LogP contribution in [0.2, 0.25) is 0 Å².